The summed E-state index contributed by atoms with van der Waals surface area (Å²) in [4.78, 5) is 13.3. The molecule has 2 rings (SSSR count). The number of carbonyl (C=O) groups is 1. The van der Waals surface area contributed by atoms with Crippen LogP contribution in [0.15, 0.2) is 24.3 Å². The van der Waals surface area contributed by atoms with E-state index >= 15 is 0 Å². The van der Waals surface area contributed by atoms with Crippen LogP contribution in [-0.4, -0.2) is 59.1 Å². The zero-order chi connectivity index (χ0) is 19.9. The van der Waals surface area contributed by atoms with Gasteiger partial charge >= 0.3 is 6.18 Å². The maximum atomic E-state index is 12.7. The van der Waals surface area contributed by atoms with Gasteiger partial charge in [-0.05, 0) is 30.7 Å². The van der Waals surface area contributed by atoms with Gasteiger partial charge in [-0.1, -0.05) is 11.3 Å². The number of halogens is 3. The second-order valence-electron chi connectivity index (χ2n) is 5.59. The third-order valence-corrected chi connectivity index (χ3v) is 4.31. The first-order valence-corrected chi connectivity index (χ1v) is 8.80. The fourth-order valence-electron chi connectivity index (χ4n) is 2.22. The van der Waals surface area contributed by atoms with Crippen LogP contribution in [0.4, 0.5) is 18.9 Å². The number of methoxy groups -OCH3 is 1. The maximum absolute atomic E-state index is 12.7. The van der Waals surface area contributed by atoms with Crippen molar-refractivity contribution >= 4 is 22.9 Å². The van der Waals surface area contributed by atoms with Crippen molar-refractivity contribution in [3.05, 3.63) is 34.3 Å². The van der Waals surface area contributed by atoms with E-state index in [0.29, 0.717) is 11.4 Å². The molecule has 0 atom stereocenters. The van der Waals surface area contributed by atoms with Gasteiger partial charge in [-0.25, -0.2) is 0 Å². The minimum atomic E-state index is -4.37. The molecule has 148 valence electrons. The zero-order valence-electron chi connectivity index (χ0n) is 14.5. The molecule has 1 amide bonds. The van der Waals surface area contributed by atoms with Crippen LogP contribution in [0, 0.1) is 0 Å². The minimum Gasteiger partial charge on any atom is -0.497 e. The molecule has 2 N–H and O–H groups in total. The van der Waals surface area contributed by atoms with Gasteiger partial charge in [0.05, 0.1) is 20.2 Å². The summed E-state index contributed by atoms with van der Waals surface area (Å²) in [7, 11) is 1.53. The van der Waals surface area contributed by atoms with Gasteiger partial charge in [0, 0.05) is 18.8 Å². The van der Waals surface area contributed by atoms with E-state index < -0.39 is 18.6 Å². The third kappa shape index (κ3) is 7.12. The average molecular weight is 404 g/mol. The number of amides is 1. The van der Waals surface area contributed by atoms with E-state index in [1.807, 2.05) is 0 Å². The summed E-state index contributed by atoms with van der Waals surface area (Å²) < 4.78 is 43.0. The van der Waals surface area contributed by atoms with Crippen molar-refractivity contribution in [2.24, 2.45) is 0 Å². The number of aliphatic hydroxyl groups is 1. The molecule has 0 aliphatic heterocycles. The summed E-state index contributed by atoms with van der Waals surface area (Å²) in [5, 5.41) is 19.4. The Labute approximate surface area is 157 Å². The number of nitrogens with one attached hydrogen (secondary N) is 1. The van der Waals surface area contributed by atoms with E-state index in [4.69, 9.17) is 9.84 Å². The topological polar surface area (TPSA) is 87.6 Å². The number of ether oxygens (including phenoxy) is 1. The summed E-state index contributed by atoms with van der Waals surface area (Å²) in [5.74, 6) is 0.139. The molecule has 0 saturated heterocycles. The molecule has 1 heterocycles. The summed E-state index contributed by atoms with van der Waals surface area (Å²) in [6, 6.07) is 6.66. The molecule has 0 fully saturated rings. The molecule has 7 nitrogen and oxygen atoms in total. The molecule has 0 aliphatic rings. The number of alkyl halides is 3. The van der Waals surface area contributed by atoms with Crippen molar-refractivity contribution in [1.82, 2.24) is 15.1 Å². The van der Waals surface area contributed by atoms with Crippen LogP contribution < -0.4 is 10.1 Å². The Bertz CT molecular complexity index is 737. The van der Waals surface area contributed by atoms with Crippen LogP contribution in [0.25, 0.3) is 0 Å². The molecule has 1 aromatic heterocycles. The Balaban J connectivity index is 1.99. The first-order chi connectivity index (χ1) is 12.8. The molecule has 0 spiro atoms. The highest BCUT2D eigenvalue weighted by Crippen LogP contribution is 2.21. The van der Waals surface area contributed by atoms with E-state index in [-0.39, 0.29) is 36.1 Å². The summed E-state index contributed by atoms with van der Waals surface area (Å²) >= 11 is 0.925. The smallest absolute Gasteiger partial charge is 0.401 e. The van der Waals surface area contributed by atoms with Gasteiger partial charge < -0.3 is 15.2 Å². The fraction of sp³-hybridized carbons (Fsp3) is 0.438. The predicted octanol–water partition coefficient (Wildman–Crippen LogP) is 2.55. The molecular formula is C16H19F3N4O3S. The number of rotatable bonds is 9. The Hall–Kier alpha value is -2.24. The normalized spacial score (nSPS) is 11.6. The third-order valence-electron chi connectivity index (χ3n) is 3.40. The number of benzene rings is 1. The summed E-state index contributed by atoms with van der Waals surface area (Å²) in [5.41, 5.74) is 0.527. The summed E-state index contributed by atoms with van der Waals surface area (Å²) in [6.07, 6.45) is -4.16. The van der Waals surface area contributed by atoms with Crippen LogP contribution in [0.2, 0.25) is 0 Å². The standard InChI is InChI=1S/C16H19F3N4O3S/c1-26-12-5-3-11(4-6-12)20-14(25)15-22-21-13(27-15)9-23(7-2-8-24)10-16(17,18)19/h3-6,24H,2,7-10H2,1H3,(H,20,25). The molecule has 1 aromatic carbocycles. The Morgan fingerprint density at radius 2 is 2.00 bits per heavy atom. The highest BCUT2D eigenvalue weighted by Gasteiger charge is 2.31. The molecule has 0 unspecified atom stereocenters. The van der Waals surface area contributed by atoms with Gasteiger partial charge in [-0.2, -0.15) is 13.2 Å². The molecule has 11 heteroatoms. The van der Waals surface area contributed by atoms with Gasteiger partial charge in [0.15, 0.2) is 0 Å². The molecule has 0 bridgehead atoms. The lowest BCUT2D eigenvalue weighted by atomic mass is 10.3. The first-order valence-electron chi connectivity index (χ1n) is 7.98. The van der Waals surface area contributed by atoms with Crippen LogP contribution in [0.3, 0.4) is 0 Å². The van der Waals surface area contributed by atoms with E-state index in [1.54, 1.807) is 24.3 Å². The Morgan fingerprint density at radius 3 is 2.59 bits per heavy atom. The van der Waals surface area contributed by atoms with Crippen molar-refractivity contribution in [3.8, 4) is 5.75 Å². The number of aliphatic hydroxyl groups excluding tert-OH is 1. The number of carbonyl (C=O) groups excluding carboxylic acids is 1. The quantitative estimate of drug-likeness (QED) is 0.668. The highest BCUT2D eigenvalue weighted by atomic mass is 32.1. The van der Waals surface area contributed by atoms with E-state index in [2.05, 4.69) is 15.5 Å². The van der Waals surface area contributed by atoms with Crippen LogP contribution in [-0.2, 0) is 6.54 Å². The number of nitrogens with zero attached hydrogens (tertiary/aromatic N) is 3. The lowest BCUT2D eigenvalue weighted by molar-refractivity contribution is -0.147. The number of hydrogen-bond donors (Lipinski definition) is 2. The van der Waals surface area contributed by atoms with Crippen LogP contribution >= 0.6 is 11.3 Å². The van der Waals surface area contributed by atoms with Gasteiger partial charge in [0.25, 0.3) is 5.91 Å². The fourth-order valence-corrected chi connectivity index (χ4v) is 3.00. The molecule has 2 aromatic rings. The number of anilines is 1. The molecule has 0 radical (unpaired) electrons. The lowest BCUT2D eigenvalue weighted by Crippen LogP contribution is -2.34. The van der Waals surface area contributed by atoms with E-state index in [1.165, 1.54) is 7.11 Å². The molecule has 0 saturated carbocycles. The highest BCUT2D eigenvalue weighted by molar-refractivity contribution is 7.13. The van der Waals surface area contributed by atoms with Gasteiger partial charge in [0.1, 0.15) is 10.8 Å². The van der Waals surface area contributed by atoms with Crippen molar-refractivity contribution in [3.63, 3.8) is 0 Å². The van der Waals surface area contributed by atoms with Gasteiger partial charge in [0.2, 0.25) is 5.01 Å². The van der Waals surface area contributed by atoms with E-state index in [0.717, 1.165) is 16.2 Å². The number of aromatic nitrogens is 2. The first kappa shape index (κ1) is 21.1. The van der Waals surface area contributed by atoms with Crippen molar-refractivity contribution in [2.45, 2.75) is 19.1 Å². The minimum absolute atomic E-state index is 0.0509. The monoisotopic (exact) mass is 404 g/mol. The van der Waals surface area contributed by atoms with Crippen molar-refractivity contribution < 1.29 is 27.8 Å². The van der Waals surface area contributed by atoms with E-state index in [9.17, 15) is 18.0 Å². The maximum Gasteiger partial charge on any atom is 0.401 e. The molecule has 27 heavy (non-hydrogen) atoms. The van der Waals surface area contributed by atoms with Crippen molar-refractivity contribution in [1.29, 1.82) is 0 Å². The molecular weight excluding hydrogens is 385 g/mol. The molecule has 0 aliphatic carbocycles. The predicted molar refractivity (Wildman–Crippen MR) is 93.9 cm³/mol. The largest absolute Gasteiger partial charge is 0.497 e. The second-order valence-corrected chi connectivity index (χ2v) is 6.65. The van der Waals surface area contributed by atoms with Crippen LogP contribution in [0.5, 0.6) is 5.75 Å². The Kier molecular flexibility index (Phi) is 7.51. The number of hydrogen-bond acceptors (Lipinski definition) is 7. The zero-order valence-corrected chi connectivity index (χ0v) is 15.3. The average Bonchev–Trinajstić information content (AvgIpc) is 3.07. The van der Waals surface area contributed by atoms with Gasteiger partial charge in [-0.15, -0.1) is 10.2 Å². The Morgan fingerprint density at radius 1 is 1.30 bits per heavy atom. The summed E-state index contributed by atoms with van der Waals surface area (Å²) in [6.45, 7) is -1.38. The lowest BCUT2D eigenvalue weighted by Gasteiger charge is -2.21. The van der Waals surface area contributed by atoms with Gasteiger partial charge in [-0.3, -0.25) is 9.69 Å². The SMILES string of the molecule is COc1ccc(NC(=O)c2nnc(CN(CCCO)CC(F)(F)F)s2)cc1. The second kappa shape index (κ2) is 9.62. The van der Waals surface area contributed by atoms with Crippen LogP contribution in [0.1, 0.15) is 21.2 Å². The van der Waals surface area contributed by atoms with Crippen molar-refractivity contribution in [2.75, 3.05) is 32.1 Å².